The first-order valence-corrected chi connectivity index (χ1v) is 3.38. The van der Waals surface area contributed by atoms with Gasteiger partial charge in [-0.2, -0.15) is 0 Å². The smallest absolute Gasteiger partial charge is 0.273 e. The third-order valence-corrected chi connectivity index (χ3v) is 1.61. The number of nitrogens with one attached hydrogen (secondary N) is 2. The second-order valence-electron chi connectivity index (χ2n) is 2.11. The second kappa shape index (κ2) is 2.10. The second-order valence-corrected chi connectivity index (χ2v) is 2.50. The predicted octanol–water partition coefficient (Wildman–Crippen LogP) is 0.905. The zero-order valence-corrected chi connectivity index (χ0v) is 6.14. The van der Waals surface area contributed by atoms with Crippen molar-refractivity contribution in [1.82, 2.24) is 15.2 Å². The van der Waals surface area contributed by atoms with Crippen LogP contribution in [-0.2, 0) is 0 Å². The van der Waals surface area contributed by atoms with Crippen LogP contribution in [-0.4, -0.2) is 15.2 Å². The number of halogens is 1. The Kier molecular flexibility index (Phi) is 1.22. The summed E-state index contributed by atoms with van der Waals surface area (Å²) >= 11 is 5.58. The molecule has 0 aliphatic heterocycles. The number of fused-ring (bicyclic) bond motifs is 1. The molecule has 2 aromatic heterocycles. The number of hydrogen-bond donors (Lipinski definition) is 2. The number of aromatic amines is 2. The molecular weight excluding hydrogens is 166 g/mol. The van der Waals surface area contributed by atoms with E-state index < -0.39 is 0 Å². The Morgan fingerprint density at radius 1 is 1.36 bits per heavy atom. The fourth-order valence-corrected chi connectivity index (χ4v) is 1.04. The van der Waals surface area contributed by atoms with E-state index in [1.165, 1.54) is 0 Å². The number of H-pyrrole nitrogens is 2. The van der Waals surface area contributed by atoms with Gasteiger partial charge in [0.2, 0.25) is 0 Å². The normalized spacial score (nSPS) is 10.6. The van der Waals surface area contributed by atoms with Crippen molar-refractivity contribution in [2.75, 3.05) is 0 Å². The van der Waals surface area contributed by atoms with Crippen LogP contribution in [0.3, 0.4) is 0 Å². The summed E-state index contributed by atoms with van der Waals surface area (Å²) in [6.07, 6.45) is 0. The maximum Gasteiger partial charge on any atom is 0.273 e. The van der Waals surface area contributed by atoms with Crippen molar-refractivity contribution in [2.45, 2.75) is 0 Å². The highest BCUT2D eigenvalue weighted by Gasteiger charge is 2.00. The minimum atomic E-state index is -0.177. The first kappa shape index (κ1) is 6.42. The topological polar surface area (TPSA) is 61.5 Å². The first-order chi connectivity index (χ1) is 5.27. The number of pyridine rings is 1. The fraction of sp³-hybridized carbons (Fsp3) is 0. The maximum absolute atomic E-state index is 10.9. The zero-order valence-electron chi connectivity index (χ0n) is 5.39. The fourth-order valence-electron chi connectivity index (χ4n) is 0.897. The van der Waals surface area contributed by atoms with Gasteiger partial charge in [0.15, 0.2) is 5.65 Å². The van der Waals surface area contributed by atoms with Gasteiger partial charge in [-0.15, -0.1) is 0 Å². The van der Waals surface area contributed by atoms with E-state index in [2.05, 4.69) is 15.2 Å². The van der Waals surface area contributed by atoms with E-state index in [1.807, 2.05) is 0 Å². The molecule has 5 heteroatoms. The van der Waals surface area contributed by atoms with Crippen molar-refractivity contribution < 1.29 is 0 Å². The van der Waals surface area contributed by atoms with Crippen LogP contribution in [0.15, 0.2) is 16.9 Å². The molecule has 0 aliphatic rings. The van der Waals surface area contributed by atoms with Gasteiger partial charge >= 0.3 is 0 Å². The highest BCUT2D eigenvalue weighted by Crippen LogP contribution is 2.08. The summed E-state index contributed by atoms with van der Waals surface area (Å²) in [5.74, 6) is 0. The van der Waals surface area contributed by atoms with Crippen molar-refractivity contribution in [2.24, 2.45) is 0 Å². The Morgan fingerprint density at radius 3 is 3.00 bits per heavy atom. The lowest BCUT2D eigenvalue weighted by molar-refractivity contribution is 1.06. The van der Waals surface area contributed by atoms with Crippen molar-refractivity contribution in [3.63, 3.8) is 0 Å². The molecule has 0 saturated heterocycles. The van der Waals surface area contributed by atoms with Crippen molar-refractivity contribution >= 4 is 22.6 Å². The van der Waals surface area contributed by atoms with Crippen LogP contribution >= 0.6 is 11.6 Å². The average Bonchev–Trinajstić information content (AvgIpc) is 2.32. The molecule has 0 aliphatic carbocycles. The molecule has 2 heterocycles. The molecule has 11 heavy (non-hydrogen) atoms. The van der Waals surface area contributed by atoms with Crippen LogP contribution in [0.4, 0.5) is 0 Å². The van der Waals surface area contributed by atoms with Gasteiger partial charge in [-0.3, -0.25) is 15.0 Å². The molecule has 0 bridgehead atoms. The summed E-state index contributed by atoms with van der Waals surface area (Å²) in [7, 11) is 0. The maximum atomic E-state index is 10.9. The largest absolute Gasteiger partial charge is 0.281 e. The molecule has 0 amide bonds. The zero-order chi connectivity index (χ0) is 7.84. The van der Waals surface area contributed by atoms with Gasteiger partial charge in [0.1, 0.15) is 5.15 Å². The molecule has 0 saturated carbocycles. The molecule has 0 atom stereocenters. The van der Waals surface area contributed by atoms with Gasteiger partial charge < -0.3 is 0 Å². The summed E-state index contributed by atoms with van der Waals surface area (Å²) in [5.41, 5.74) is 0.312. The summed E-state index contributed by atoms with van der Waals surface area (Å²) in [6, 6.07) is 3.20. The van der Waals surface area contributed by atoms with Crippen LogP contribution in [0.5, 0.6) is 0 Å². The van der Waals surface area contributed by atoms with E-state index in [0.29, 0.717) is 16.2 Å². The Balaban J connectivity index is 2.97. The molecular formula is C6H4ClN3O. The van der Waals surface area contributed by atoms with Gasteiger partial charge in [0.25, 0.3) is 5.56 Å². The molecule has 2 rings (SSSR count). The summed E-state index contributed by atoms with van der Waals surface area (Å²) in [5, 5.41) is 5.89. The van der Waals surface area contributed by atoms with Crippen LogP contribution in [0.2, 0.25) is 5.15 Å². The first-order valence-electron chi connectivity index (χ1n) is 3.00. The Labute approximate surface area is 66.2 Å². The summed E-state index contributed by atoms with van der Waals surface area (Å²) in [4.78, 5) is 14.8. The summed E-state index contributed by atoms with van der Waals surface area (Å²) < 4.78 is 0. The minimum absolute atomic E-state index is 0.177. The lowest BCUT2D eigenvalue weighted by atomic mass is 10.4. The molecule has 0 spiro atoms. The molecule has 2 N–H and O–H groups in total. The van der Waals surface area contributed by atoms with Crippen molar-refractivity contribution in [3.05, 3.63) is 27.6 Å². The van der Waals surface area contributed by atoms with E-state index >= 15 is 0 Å². The number of aromatic nitrogens is 3. The van der Waals surface area contributed by atoms with E-state index in [-0.39, 0.29) is 5.56 Å². The van der Waals surface area contributed by atoms with E-state index in [4.69, 9.17) is 11.6 Å². The highest BCUT2D eigenvalue weighted by atomic mass is 35.5. The van der Waals surface area contributed by atoms with Gasteiger partial charge in [-0.05, 0) is 12.1 Å². The van der Waals surface area contributed by atoms with Crippen LogP contribution in [0.1, 0.15) is 0 Å². The third-order valence-electron chi connectivity index (χ3n) is 1.40. The average molecular weight is 170 g/mol. The Bertz CT molecular complexity index is 444. The lowest BCUT2D eigenvalue weighted by Crippen LogP contribution is -1.96. The van der Waals surface area contributed by atoms with Gasteiger partial charge in [0.05, 0.1) is 5.39 Å². The summed E-state index contributed by atoms with van der Waals surface area (Å²) in [6.45, 7) is 0. The van der Waals surface area contributed by atoms with Gasteiger partial charge in [0, 0.05) is 0 Å². The molecule has 2 aromatic rings. The van der Waals surface area contributed by atoms with Crippen molar-refractivity contribution in [1.29, 1.82) is 0 Å². The third kappa shape index (κ3) is 0.914. The molecule has 0 fully saturated rings. The van der Waals surface area contributed by atoms with Crippen LogP contribution < -0.4 is 5.56 Å². The highest BCUT2D eigenvalue weighted by molar-refractivity contribution is 6.29. The number of hydrogen-bond acceptors (Lipinski definition) is 2. The Hall–Kier alpha value is -1.29. The standard InChI is InChI=1S/C6H4ClN3O/c7-4-2-1-3-5(8-4)9-10-6(3)11/h1-2H,(H2,8,9,10,11). The predicted molar refractivity (Wildman–Crippen MR) is 41.7 cm³/mol. The number of nitrogens with zero attached hydrogens (tertiary/aromatic N) is 1. The molecule has 0 unspecified atom stereocenters. The van der Waals surface area contributed by atoms with Gasteiger partial charge in [-0.25, -0.2) is 4.98 Å². The van der Waals surface area contributed by atoms with Gasteiger partial charge in [-0.1, -0.05) is 11.6 Å². The molecule has 56 valence electrons. The van der Waals surface area contributed by atoms with Crippen molar-refractivity contribution in [3.8, 4) is 0 Å². The molecule has 4 nitrogen and oxygen atoms in total. The lowest BCUT2D eigenvalue weighted by Gasteiger charge is -1.86. The SMILES string of the molecule is O=c1[nH][nH]c2nc(Cl)ccc12. The minimum Gasteiger partial charge on any atom is -0.281 e. The van der Waals surface area contributed by atoms with Crippen LogP contribution in [0, 0.1) is 0 Å². The monoisotopic (exact) mass is 169 g/mol. The Morgan fingerprint density at radius 2 is 2.18 bits per heavy atom. The quantitative estimate of drug-likeness (QED) is 0.576. The molecule has 0 radical (unpaired) electrons. The van der Waals surface area contributed by atoms with E-state index in [1.54, 1.807) is 12.1 Å². The van der Waals surface area contributed by atoms with Crippen LogP contribution in [0.25, 0.3) is 11.0 Å². The van der Waals surface area contributed by atoms with E-state index in [9.17, 15) is 4.79 Å². The molecule has 0 aromatic carbocycles. The van der Waals surface area contributed by atoms with E-state index in [0.717, 1.165) is 0 Å². The number of rotatable bonds is 0.